The molecule has 108 valence electrons. The SMILES string of the molecule is Cc1ccccc1-c1nn(CC(C)C)c(O)c1C(C)C. The first-order valence-corrected chi connectivity index (χ1v) is 7.27. The van der Waals surface area contributed by atoms with Gasteiger partial charge in [-0.1, -0.05) is 52.0 Å². The normalized spacial score (nSPS) is 11.6. The Labute approximate surface area is 121 Å². The number of rotatable bonds is 4. The van der Waals surface area contributed by atoms with Gasteiger partial charge in [-0.2, -0.15) is 5.10 Å². The van der Waals surface area contributed by atoms with Crippen molar-refractivity contribution in [3.63, 3.8) is 0 Å². The second kappa shape index (κ2) is 5.70. The number of nitrogens with zero attached hydrogens (tertiary/aromatic N) is 2. The van der Waals surface area contributed by atoms with Crippen LogP contribution in [0.15, 0.2) is 24.3 Å². The Hall–Kier alpha value is -1.77. The standard InChI is InChI=1S/C17H24N2O/c1-11(2)10-19-17(20)15(12(3)4)16(18-19)14-9-7-6-8-13(14)5/h6-9,11-12,20H,10H2,1-5H3. The average Bonchev–Trinajstić information content (AvgIpc) is 2.66. The Morgan fingerprint density at radius 3 is 2.35 bits per heavy atom. The molecule has 0 fully saturated rings. The first-order valence-electron chi connectivity index (χ1n) is 7.27. The van der Waals surface area contributed by atoms with E-state index >= 15 is 0 Å². The van der Waals surface area contributed by atoms with Gasteiger partial charge in [-0.05, 0) is 24.3 Å². The Balaban J connectivity index is 2.60. The molecule has 0 saturated heterocycles. The lowest BCUT2D eigenvalue weighted by Crippen LogP contribution is -2.05. The molecule has 0 saturated carbocycles. The number of aryl methyl sites for hydroxylation is 1. The van der Waals surface area contributed by atoms with Gasteiger partial charge in [-0.15, -0.1) is 0 Å². The molecule has 2 rings (SSSR count). The summed E-state index contributed by atoms with van der Waals surface area (Å²) < 4.78 is 1.74. The number of hydrogen-bond acceptors (Lipinski definition) is 2. The van der Waals surface area contributed by atoms with Crippen LogP contribution < -0.4 is 0 Å². The second-order valence-electron chi connectivity index (χ2n) is 6.13. The molecule has 20 heavy (non-hydrogen) atoms. The molecule has 1 N–H and O–H groups in total. The minimum absolute atomic E-state index is 0.241. The van der Waals surface area contributed by atoms with E-state index in [-0.39, 0.29) is 5.92 Å². The zero-order valence-corrected chi connectivity index (χ0v) is 13.0. The summed E-state index contributed by atoms with van der Waals surface area (Å²) in [5, 5.41) is 15.2. The van der Waals surface area contributed by atoms with E-state index in [9.17, 15) is 5.11 Å². The molecule has 0 spiro atoms. The zero-order chi connectivity index (χ0) is 14.9. The van der Waals surface area contributed by atoms with E-state index in [1.54, 1.807) is 4.68 Å². The number of aromatic hydroxyl groups is 1. The Kier molecular flexibility index (Phi) is 4.17. The fourth-order valence-corrected chi connectivity index (χ4v) is 2.51. The van der Waals surface area contributed by atoms with Gasteiger partial charge in [0, 0.05) is 17.7 Å². The van der Waals surface area contributed by atoms with E-state index in [0.29, 0.717) is 11.8 Å². The Morgan fingerprint density at radius 2 is 1.80 bits per heavy atom. The molecule has 1 aromatic heterocycles. The molecule has 0 aliphatic rings. The number of hydrogen-bond donors (Lipinski definition) is 1. The molecule has 0 amide bonds. The maximum Gasteiger partial charge on any atom is 0.213 e. The summed E-state index contributed by atoms with van der Waals surface area (Å²) in [5.41, 5.74) is 4.15. The monoisotopic (exact) mass is 272 g/mol. The van der Waals surface area contributed by atoms with Gasteiger partial charge in [0.05, 0.1) is 5.69 Å². The molecule has 0 atom stereocenters. The van der Waals surface area contributed by atoms with E-state index in [1.807, 2.05) is 12.1 Å². The number of benzene rings is 1. The van der Waals surface area contributed by atoms with Gasteiger partial charge in [-0.25, -0.2) is 4.68 Å². The average molecular weight is 272 g/mol. The molecule has 2 aromatic rings. The van der Waals surface area contributed by atoms with Crippen LogP contribution in [0.25, 0.3) is 11.3 Å². The topological polar surface area (TPSA) is 38.0 Å². The van der Waals surface area contributed by atoms with Crippen molar-refractivity contribution < 1.29 is 5.11 Å². The first-order chi connectivity index (χ1) is 9.41. The highest BCUT2D eigenvalue weighted by atomic mass is 16.3. The third kappa shape index (κ3) is 2.72. The lowest BCUT2D eigenvalue weighted by Gasteiger charge is -2.08. The fraction of sp³-hybridized carbons (Fsp3) is 0.471. The number of aromatic nitrogens is 2. The third-order valence-electron chi connectivity index (χ3n) is 3.48. The van der Waals surface area contributed by atoms with Crippen molar-refractivity contribution in [1.29, 1.82) is 0 Å². The smallest absolute Gasteiger partial charge is 0.213 e. The Bertz CT molecular complexity index is 597. The van der Waals surface area contributed by atoms with Gasteiger partial charge >= 0.3 is 0 Å². The van der Waals surface area contributed by atoms with Gasteiger partial charge < -0.3 is 5.11 Å². The third-order valence-corrected chi connectivity index (χ3v) is 3.48. The molecule has 0 radical (unpaired) electrons. The fourth-order valence-electron chi connectivity index (χ4n) is 2.51. The lowest BCUT2D eigenvalue weighted by molar-refractivity contribution is 0.367. The van der Waals surface area contributed by atoms with Crippen molar-refractivity contribution >= 4 is 0 Å². The van der Waals surface area contributed by atoms with Crippen molar-refractivity contribution in [2.24, 2.45) is 5.92 Å². The molecule has 1 aromatic carbocycles. The van der Waals surface area contributed by atoms with Crippen LogP contribution in [0, 0.1) is 12.8 Å². The maximum absolute atomic E-state index is 10.5. The Morgan fingerprint density at radius 1 is 1.15 bits per heavy atom. The summed E-state index contributed by atoms with van der Waals surface area (Å²) >= 11 is 0. The summed E-state index contributed by atoms with van der Waals surface area (Å²) in [5.74, 6) is 1.00. The molecule has 0 bridgehead atoms. The summed E-state index contributed by atoms with van der Waals surface area (Å²) in [7, 11) is 0. The predicted octanol–water partition coefficient (Wildman–Crippen LogP) is 4.34. The van der Waals surface area contributed by atoms with Gasteiger partial charge in [-0.3, -0.25) is 0 Å². The van der Waals surface area contributed by atoms with Gasteiger partial charge in [0.15, 0.2) is 0 Å². The van der Waals surface area contributed by atoms with Crippen molar-refractivity contribution in [1.82, 2.24) is 9.78 Å². The second-order valence-corrected chi connectivity index (χ2v) is 6.13. The summed E-state index contributed by atoms with van der Waals surface area (Å²) in [6.45, 7) is 11.3. The van der Waals surface area contributed by atoms with Crippen molar-refractivity contribution in [3.8, 4) is 17.1 Å². The van der Waals surface area contributed by atoms with Crippen LogP contribution in [0.3, 0.4) is 0 Å². The summed E-state index contributed by atoms with van der Waals surface area (Å²) in [6.07, 6.45) is 0. The van der Waals surface area contributed by atoms with Crippen LogP contribution in [-0.4, -0.2) is 14.9 Å². The molecule has 0 unspecified atom stereocenters. The molecule has 3 heteroatoms. The minimum atomic E-state index is 0.241. The van der Waals surface area contributed by atoms with Crippen LogP contribution >= 0.6 is 0 Å². The van der Waals surface area contributed by atoms with E-state index in [0.717, 1.165) is 23.4 Å². The first kappa shape index (κ1) is 14.6. The van der Waals surface area contributed by atoms with Crippen molar-refractivity contribution in [2.45, 2.75) is 47.1 Å². The van der Waals surface area contributed by atoms with E-state index in [1.165, 1.54) is 5.56 Å². The van der Waals surface area contributed by atoms with Crippen LogP contribution in [0.1, 0.15) is 44.7 Å². The predicted molar refractivity (Wildman–Crippen MR) is 83.0 cm³/mol. The highest BCUT2D eigenvalue weighted by Gasteiger charge is 2.22. The molecule has 0 aliphatic heterocycles. The zero-order valence-electron chi connectivity index (χ0n) is 13.0. The van der Waals surface area contributed by atoms with Crippen LogP contribution in [0.2, 0.25) is 0 Å². The molecular weight excluding hydrogens is 248 g/mol. The molecular formula is C17H24N2O. The van der Waals surface area contributed by atoms with Crippen LogP contribution in [0.5, 0.6) is 5.88 Å². The van der Waals surface area contributed by atoms with E-state index in [2.05, 4.69) is 51.9 Å². The largest absolute Gasteiger partial charge is 0.493 e. The summed E-state index contributed by atoms with van der Waals surface area (Å²) in [6, 6.07) is 8.20. The van der Waals surface area contributed by atoms with E-state index in [4.69, 9.17) is 0 Å². The molecule has 3 nitrogen and oxygen atoms in total. The van der Waals surface area contributed by atoms with Gasteiger partial charge in [0.25, 0.3) is 0 Å². The van der Waals surface area contributed by atoms with Crippen molar-refractivity contribution in [2.75, 3.05) is 0 Å². The minimum Gasteiger partial charge on any atom is -0.493 e. The highest BCUT2D eigenvalue weighted by molar-refractivity contribution is 5.69. The maximum atomic E-state index is 10.5. The lowest BCUT2D eigenvalue weighted by atomic mass is 9.96. The van der Waals surface area contributed by atoms with Crippen molar-refractivity contribution in [3.05, 3.63) is 35.4 Å². The van der Waals surface area contributed by atoms with Gasteiger partial charge in [0.2, 0.25) is 5.88 Å². The molecule has 0 aliphatic carbocycles. The van der Waals surface area contributed by atoms with E-state index < -0.39 is 0 Å². The quantitative estimate of drug-likeness (QED) is 0.899. The van der Waals surface area contributed by atoms with Crippen LogP contribution in [-0.2, 0) is 6.54 Å². The van der Waals surface area contributed by atoms with Gasteiger partial charge in [0.1, 0.15) is 0 Å². The molecule has 1 heterocycles. The van der Waals surface area contributed by atoms with Crippen LogP contribution in [0.4, 0.5) is 0 Å². The highest BCUT2D eigenvalue weighted by Crippen LogP contribution is 2.36. The summed E-state index contributed by atoms with van der Waals surface area (Å²) in [4.78, 5) is 0.